The highest BCUT2D eigenvalue weighted by Gasteiger charge is 2.22. The molecule has 1 heterocycles. The van der Waals surface area contributed by atoms with Gasteiger partial charge in [-0.25, -0.2) is 4.98 Å². The second-order valence-electron chi connectivity index (χ2n) is 4.77. The number of rotatable bonds is 7. The normalized spacial score (nSPS) is 10.3. The van der Waals surface area contributed by atoms with Crippen molar-refractivity contribution in [1.82, 2.24) is 15.3 Å². The Morgan fingerprint density at radius 2 is 2.19 bits per heavy atom. The SMILES string of the molecule is CCNc1ncc([N+](=O)[O-])c(N(C)CC(=O)NC(C)C)n1. The molecule has 0 aliphatic heterocycles. The quantitative estimate of drug-likeness (QED) is 0.564. The van der Waals surface area contributed by atoms with Crippen molar-refractivity contribution < 1.29 is 9.72 Å². The Balaban J connectivity index is 2.99. The molecule has 116 valence electrons. The summed E-state index contributed by atoms with van der Waals surface area (Å²) >= 11 is 0. The van der Waals surface area contributed by atoms with Gasteiger partial charge in [-0.15, -0.1) is 0 Å². The van der Waals surface area contributed by atoms with Gasteiger partial charge in [-0.2, -0.15) is 4.98 Å². The first kappa shape index (κ1) is 16.6. The summed E-state index contributed by atoms with van der Waals surface area (Å²) in [4.78, 5) is 31.6. The van der Waals surface area contributed by atoms with Crippen LogP contribution in [0.15, 0.2) is 6.20 Å². The van der Waals surface area contributed by atoms with Gasteiger partial charge in [0, 0.05) is 19.6 Å². The minimum Gasteiger partial charge on any atom is -0.354 e. The molecular formula is C12H20N6O3. The third kappa shape index (κ3) is 4.86. The van der Waals surface area contributed by atoms with E-state index in [0.29, 0.717) is 6.54 Å². The molecule has 0 bridgehead atoms. The van der Waals surface area contributed by atoms with E-state index in [4.69, 9.17) is 0 Å². The number of carbonyl (C=O) groups excluding carboxylic acids is 1. The number of nitrogens with one attached hydrogen (secondary N) is 2. The van der Waals surface area contributed by atoms with Gasteiger partial charge in [0.2, 0.25) is 17.7 Å². The van der Waals surface area contributed by atoms with Crippen molar-refractivity contribution in [1.29, 1.82) is 0 Å². The van der Waals surface area contributed by atoms with Crippen molar-refractivity contribution in [3.63, 3.8) is 0 Å². The van der Waals surface area contributed by atoms with E-state index in [-0.39, 0.29) is 35.9 Å². The molecule has 1 amide bonds. The smallest absolute Gasteiger partial charge is 0.329 e. The number of hydrogen-bond donors (Lipinski definition) is 2. The van der Waals surface area contributed by atoms with Gasteiger partial charge < -0.3 is 15.5 Å². The summed E-state index contributed by atoms with van der Waals surface area (Å²) in [7, 11) is 1.57. The molecule has 1 rings (SSSR count). The Morgan fingerprint density at radius 1 is 1.52 bits per heavy atom. The molecule has 0 atom stereocenters. The summed E-state index contributed by atoms with van der Waals surface area (Å²) in [6, 6.07) is 0.00334. The Bertz CT molecular complexity index is 520. The summed E-state index contributed by atoms with van der Waals surface area (Å²) < 4.78 is 0. The number of amides is 1. The summed E-state index contributed by atoms with van der Waals surface area (Å²) in [5.41, 5.74) is -0.239. The van der Waals surface area contributed by atoms with Crippen molar-refractivity contribution >= 4 is 23.4 Å². The van der Waals surface area contributed by atoms with E-state index >= 15 is 0 Å². The van der Waals surface area contributed by atoms with Crippen LogP contribution in [-0.4, -0.2) is 47.0 Å². The predicted octanol–water partition coefficient (Wildman–Crippen LogP) is 0.777. The molecule has 0 aliphatic rings. The molecule has 21 heavy (non-hydrogen) atoms. The molecule has 2 N–H and O–H groups in total. The van der Waals surface area contributed by atoms with Crippen molar-refractivity contribution in [3.8, 4) is 0 Å². The zero-order chi connectivity index (χ0) is 16.0. The molecule has 0 unspecified atom stereocenters. The monoisotopic (exact) mass is 296 g/mol. The highest BCUT2D eigenvalue weighted by molar-refractivity contribution is 5.82. The maximum atomic E-state index is 11.7. The van der Waals surface area contributed by atoms with Gasteiger partial charge in [-0.3, -0.25) is 14.9 Å². The van der Waals surface area contributed by atoms with Crippen LogP contribution in [0.5, 0.6) is 0 Å². The number of nitrogens with zero attached hydrogens (tertiary/aromatic N) is 4. The molecule has 0 aliphatic carbocycles. The minimum absolute atomic E-state index is 0.00334. The van der Waals surface area contributed by atoms with Gasteiger partial charge in [-0.05, 0) is 20.8 Å². The predicted molar refractivity (Wildman–Crippen MR) is 79.4 cm³/mol. The second-order valence-corrected chi connectivity index (χ2v) is 4.77. The molecule has 9 heteroatoms. The van der Waals surface area contributed by atoms with Gasteiger partial charge in [0.25, 0.3) is 0 Å². The Kier molecular flexibility index (Phi) is 5.82. The molecule has 0 radical (unpaired) electrons. The van der Waals surface area contributed by atoms with E-state index in [2.05, 4.69) is 20.6 Å². The molecular weight excluding hydrogens is 276 g/mol. The molecule has 0 spiro atoms. The lowest BCUT2D eigenvalue weighted by atomic mass is 10.3. The third-order valence-electron chi connectivity index (χ3n) is 2.47. The lowest BCUT2D eigenvalue weighted by Gasteiger charge is -2.18. The number of aromatic nitrogens is 2. The summed E-state index contributed by atoms with van der Waals surface area (Å²) in [6.07, 6.45) is 1.14. The average molecular weight is 296 g/mol. The van der Waals surface area contributed by atoms with E-state index in [1.807, 2.05) is 20.8 Å². The van der Waals surface area contributed by atoms with Crippen LogP contribution in [-0.2, 0) is 4.79 Å². The molecule has 0 saturated carbocycles. The summed E-state index contributed by atoms with van der Waals surface area (Å²) in [5, 5.41) is 16.6. The minimum atomic E-state index is -0.568. The van der Waals surface area contributed by atoms with Crippen molar-refractivity contribution in [2.75, 3.05) is 30.4 Å². The highest BCUT2D eigenvalue weighted by Crippen LogP contribution is 2.24. The highest BCUT2D eigenvalue weighted by atomic mass is 16.6. The van der Waals surface area contributed by atoms with Crippen molar-refractivity contribution in [3.05, 3.63) is 16.3 Å². The molecule has 0 saturated heterocycles. The Labute approximate surface area is 122 Å². The number of hydrogen-bond acceptors (Lipinski definition) is 7. The first-order valence-corrected chi connectivity index (χ1v) is 6.61. The van der Waals surface area contributed by atoms with E-state index in [1.54, 1.807) is 7.05 Å². The van der Waals surface area contributed by atoms with Crippen LogP contribution in [0.25, 0.3) is 0 Å². The second kappa shape index (κ2) is 7.36. The van der Waals surface area contributed by atoms with E-state index in [0.717, 1.165) is 6.20 Å². The van der Waals surface area contributed by atoms with Gasteiger partial charge in [0.05, 0.1) is 11.5 Å². The molecule has 1 aromatic heterocycles. The fraction of sp³-hybridized carbons (Fsp3) is 0.583. The van der Waals surface area contributed by atoms with Crippen LogP contribution in [0.4, 0.5) is 17.5 Å². The van der Waals surface area contributed by atoms with Crippen molar-refractivity contribution in [2.24, 2.45) is 0 Å². The van der Waals surface area contributed by atoms with Crippen LogP contribution in [0.3, 0.4) is 0 Å². The zero-order valence-electron chi connectivity index (χ0n) is 12.6. The first-order valence-electron chi connectivity index (χ1n) is 6.61. The van der Waals surface area contributed by atoms with Crippen LogP contribution in [0.2, 0.25) is 0 Å². The maximum absolute atomic E-state index is 11.7. The summed E-state index contributed by atoms with van der Waals surface area (Å²) in [5.74, 6) is 0.157. The summed E-state index contributed by atoms with van der Waals surface area (Å²) in [6.45, 7) is 6.11. The van der Waals surface area contributed by atoms with E-state index in [9.17, 15) is 14.9 Å². The fourth-order valence-corrected chi connectivity index (χ4v) is 1.68. The Hall–Kier alpha value is -2.45. The number of carbonyl (C=O) groups is 1. The van der Waals surface area contributed by atoms with Gasteiger partial charge >= 0.3 is 5.69 Å². The third-order valence-corrected chi connectivity index (χ3v) is 2.47. The largest absolute Gasteiger partial charge is 0.354 e. The fourth-order valence-electron chi connectivity index (χ4n) is 1.68. The van der Waals surface area contributed by atoms with Crippen LogP contribution < -0.4 is 15.5 Å². The molecule has 0 aromatic carbocycles. The first-order chi connectivity index (χ1) is 9.85. The van der Waals surface area contributed by atoms with Crippen LogP contribution >= 0.6 is 0 Å². The van der Waals surface area contributed by atoms with Gasteiger partial charge in [0.15, 0.2) is 0 Å². The number of nitro groups is 1. The van der Waals surface area contributed by atoms with E-state index in [1.165, 1.54) is 4.90 Å². The average Bonchev–Trinajstić information content (AvgIpc) is 2.37. The van der Waals surface area contributed by atoms with Crippen LogP contribution in [0, 0.1) is 10.1 Å². The van der Waals surface area contributed by atoms with Crippen LogP contribution in [0.1, 0.15) is 20.8 Å². The van der Waals surface area contributed by atoms with E-state index < -0.39 is 4.92 Å². The van der Waals surface area contributed by atoms with Crippen molar-refractivity contribution in [2.45, 2.75) is 26.8 Å². The molecule has 9 nitrogen and oxygen atoms in total. The lowest BCUT2D eigenvalue weighted by Crippen LogP contribution is -2.39. The number of likely N-dealkylation sites (N-methyl/N-ethyl adjacent to an activating group) is 1. The lowest BCUT2D eigenvalue weighted by molar-refractivity contribution is -0.384. The standard InChI is InChI=1S/C12H20N6O3/c1-5-13-12-14-6-9(18(20)21)11(16-12)17(4)7-10(19)15-8(2)3/h6,8H,5,7H2,1-4H3,(H,15,19)(H,13,14,16). The van der Waals surface area contributed by atoms with Gasteiger partial charge in [-0.1, -0.05) is 0 Å². The maximum Gasteiger partial charge on any atom is 0.329 e. The topological polar surface area (TPSA) is 113 Å². The molecule has 1 aromatic rings. The van der Waals surface area contributed by atoms with Gasteiger partial charge in [0.1, 0.15) is 6.20 Å². The number of anilines is 2. The zero-order valence-corrected chi connectivity index (χ0v) is 12.6. The molecule has 0 fully saturated rings. The Morgan fingerprint density at radius 3 is 2.71 bits per heavy atom.